The number of aromatic nitrogens is 1. The highest BCUT2D eigenvalue weighted by atomic mass is 16.3. The molecule has 1 amide bonds. The molecule has 1 aromatic carbocycles. The zero-order chi connectivity index (χ0) is 13.3. The second kappa shape index (κ2) is 4.54. The van der Waals surface area contributed by atoms with Gasteiger partial charge in [-0.25, -0.2) is 5.84 Å². The Balaban J connectivity index is 2.57. The Morgan fingerprint density at radius 3 is 2.39 bits per heavy atom. The lowest BCUT2D eigenvalue weighted by atomic mass is 10.1. The first kappa shape index (κ1) is 12.2. The number of carbonyl (C=O) groups is 1. The smallest absolute Gasteiger partial charge is 0.269 e. The number of phenols is 1. The number of hydrogen-bond acceptors (Lipinski definition) is 3. The summed E-state index contributed by atoms with van der Waals surface area (Å²) in [4.78, 5) is 11.5. The Hall–Kier alpha value is -2.27. The summed E-state index contributed by atoms with van der Waals surface area (Å²) in [6.45, 7) is 3.95. The van der Waals surface area contributed by atoms with E-state index in [2.05, 4.69) is 0 Å². The molecule has 2 rings (SSSR count). The molecule has 94 valence electrons. The molecule has 5 nitrogen and oxygen atoms in total. The topological polar surface area (TPSA) is 80.3 Å². The van der Waals surface area contributed by atoms with Crippen LogP contribution in [0.3, 0.4) is 0 Å². The first-order valence-corrected chi connectivity index (χ1v) is 5.54. The number of nitrogens with two attached hydrogens (primary N) is 1. The number of nitrogen functional groups attached to an aromatic ring is 1. The highest BCUT2D eigenvalue weighted by molar-refractivity contribution is 5.97. The van der Waals surface area contributed by atoms with Gasteiger partial charge in [0.05, 0.1) is 5.56 Å². The van der Waals surface area contributed by atoms with Crippen molar-refractivity contribution in [2.75, 3.05) is 0 Å². The molecular weight excluding hydrogens is 230 g/mol. The van der Waals surface area contributed by atoms with E-state index in [-0.39, 0.29) is 11.3 Å². The second-order valence-electron chi connectivity index (χ2n) is 4.13. The average molecular weight is 245 g/mol. The van der Waals surface area contributed by atoms with E-state index in [9.17, 15) is 9.90 Å². The van der Waals surface area contributed by atoms with E-state index in [4.69, 9.17) is 5.84 Å². The van der Waals surface area contributed by atoms with Crippen LogP contribution in [-0.2, 0) is 0 Å². The van der Waals surface area contributed by atoms with Crippen LogP contribution < -0.4 is 11.3 Å². The fourth-order valence-corrected chi connectivity index (χ4v) is 2.00. The van der Waals surface area contributed by atoms with Crippen molar-refractivity contribution in [1.29, 1.82) is 0 Å². The maximum absolute atomic E-state index is 11.5. The number of aromatic hydroxyl groups is 1. The predicted molar refractivity (Wildman–Crippen MR) is 68.6 cm³/mol. The molecule has 0 unspecified atom stereocenters. The molecule has 0 fully saturated rings. The molecule has 0 aliphatic carbocycles. The van der Waals surface area contributed by atoms with Gasteiger partial charge in [0.25, 0.3) is 5.91 Å². The molecule has 0 saturated heterocycles. The summed E-state index contributed by atoms with van der Waals surface area (Å²) in [5.41, 5.74) is 5.09. The Morgan fingerprint density at radius 2 is 1.83 bits per heavy atom. The Kier molecular flexibility index (Phi) is 3.08. The average Bonchev–Trinajstić information content (AvgIpc) is 2.69. The van der Waals surface area contributed by atoms with Crippen LogP contribution in [0.25, 0.3) is 5.69 Å². The van der Waals surface area contributed by atoms with Crippen molar-refractivity contribution in [2.45, 2.75) is 13.8 Å². The van der Waals surface area contributed by atoms with Gasteiger partial charge in [0.2, 0.25) is 0 Å². The minimum Gasteiger partial charge on any atom is -0.507 e. The highest BCUT2D eigenvalue weighted by Crippen LogP contribution is 2.23. The van der Waals surface area contributed by atoms with Gasteiger partial charge in [-0.15, -0.1) is 0 Å². The van der Waals surface area contributed by atoms with E-state index >= 15 is 0 Å². The molecule has 0 aliphatic rings. The van der Waals surface area contributed by atoms with Crippen LogP contribution in [-0.4, -0.2) is 15.6 Å². The number of hydrogen-bond donors (Lipinski definition) is 3. The van der Waals surface area contributed by atoms with E-state index < -0.39 is 5.91 Å². The van der Waals surface area contributed by atoms with Gasteiger partial charge >= 0.3 is 0 Å². The number of rotatable bonds is 2. The monoisotopic (exact) mass is 245 g/mol. The van der Waals surface area contributed by atoms with Gasteiger partial charge in [-0.05, 0) is 44.2 Å². The summed E-state index contributed by atoms with van der Waals surface area (Å²) in [5, 5.41) is 9.65. The summed E-state index contributed by atoms with van der Waals surface area (Å²) >= 11 is 0. The standard InChI is InChI=1S/C13H15N3O2/c1-8-3-4-9(2)16(8)10-5-6-12(17)11(7-10)13(18)15-14/h3-7,17H,14H2,1-2H3,(H,15,18). The molecule has 0 atom stereocenters. The largest absolute Gasteiger partial charge is 0.507 e. The van der Waals surface area contributed by atoms with Crippen molar-refractivity contribution in [3.05, 3.63) is 47.3 Å². The molecule has 0 radical (unpaired) electrons. The van der Waals surface area contributed by atoms with Crippen molar-refractivity contribution in [1.82, 2.24) is 9.99 Å². The fourth-order valence-electron chi connectivity index (χ4n) is 2.00. The zero-order valence-corrected chi connectivity index (χ0v) is 10.3. The maximum Gasteiger partial charge on any atom is 0.269 e. The number of nitrogens with zero attached hydrogens (tertiary/aromatic N) is 1. The van der Waals surface area contributed by atoms with Crippen LogP contribution in [0.15, 0.2) is 30.3 Å². The van der Waals surface area contributed by atoms with Gasteiger partial charge in [-0.1, -0.05) is 0 Å². The third kappa shape index (κ3) is 1.96. The van der Waals surface area contributed by atoms with Crippen molar-refractivity contribution in [2.24, 2.45) is 5.84 Å². The van der Waals surface area contributed by atoms with Crippen LogP contribution in [0.2, 0.25) is 0 Å². The molecule has 4 N–H and O–H groups in total. The van der Waals surface area contributed by atoms with E-state index in [0.717, 1.165) is 17.1 Å². The zero-order valence-electron chi connectivity index (χ0n) is 10.3. The highest BCUT2D eigenvalue weighted by Gasteiger charge is 2.12. The van der Waals surface area contributed by atoms with Crippen molar-refractivity contribution < 1.29 is 9.90 Å². The van der Waals surface area contributed by atoms with Gasteiger partial charge in [0.1, 0.15) is 5.75 Å². The quantitative estimate of drug-likeness (QED) is 0.425. The molecule has 2 aromatic rings. The lowest BCUT2D eigenvalue weighted by Gasteiger charge is -2.11. The number of phenolic OH excluding ortho intramolecular Hbond substituents is 1. The summed E-state index contributed by atoms with van der Waals surface area (Å²) in [7, 11) is 0. The normalized spacial score (nSPS) is 10.4. The van der Waals surface area contributed by atoms with E-state index in [0.29, 0.717) is 0 Å². The van der Waals surface area contributed by atoms with Gasteiger partial charge in [-0.3, -0.25) is 10.2 Å². The minimum absolute atomic E-state index is 0.0934. The molecule has 18 heavy (non-hydrogen) atoms. The summed E-state index contributed by atoms with van der Waals surface area (Å²) in [6.07, 6.45) is 0. The molecule has 5 heteroatoms. The lowest BCUT2D eigenvalue weighted by molar-refractivity contribution is 0.0951. The van der Waals surface area contributed by atoms with E-state index in [1.165, 1.54) is 6.07 Å². The summed E-state index contributed by atoms with van der Waals surface area (Å²) in [5.74, 6) is 4.47. The molecular formula is C13H15N3O2. The third-order valence-corrected chi connectivity index (χ3v) is 2.89. The van der Waals surface area contributed by atoms with Crippen molar-refractivity contribution >= 4 is 5.91 Å². The third-order valence-electron chi connectivity index (χ3n) is 2.89. The molecule has 1 heterocycles. The summed E-state index contributed by atoms with van der Waals surface area (Å²) in [6, 6.07) is 8.83. The first-order valence-electron chi connectivity index (χ1n) is 5.54. The number of carbonyl (C=O) groups excluding carboxylic acids is 1. The Morgan fingerprint density at radius 1 is 1.22 bits per heavy atom. The van der Waals surface area contributed by atoms with Gasteiger partial charge < -0.3 is 9.67 Å². The van der Waals surface area contributed by atoms with Crippen LogP contribution in [0.1, 0.15) is 21.7 Å². The van der Waals surface area contributed by atoms with Crippen LogP contribution in [0.4, 0.5) is 0 Å². The van der Waals surface area contributed by atoms with E-state index in [1.807, 2.05) is 36.0 Å². The lowest BCUT2D eigenvalue weighted by Crippen LogP contribution is -2.30. The molecule has 0 aliphatic heterocycles. The number of nitrogens with one attached hydrogen (secondary N) is 1. The van der Waals surface area contributed by atoms with Crippen LogP contribution in [0.5, 0.6) is 5.75 Å². The van der Waals surface area contributed by atoms with Crippen molar-refractivity contribution in [3.63, 3.8) is 0 Å². The number of aryl methyl sites for hydroxylation is 2. The van der Waals surface area contributed by atoms with Gasteiger partial charge in [0.15, 0.2) is 0 Å². The molecule has 0 bridgehead atoms. The van der Waals surface area contributed by atoms with Crippen molar-refractivity contribution in [3.8, 4) is 11.4 Å². The number of amides is 1. The van der Waals surface area contributed by atoms with E-state index in [1.54, 1.807) is 12.1 Å². The SMILES string of the molecule is Cc1ccc(C)n1-c1ccc(O)c(C(=O)NN)c1. The fraction of sp³-hybridized carbons (Fsp3) is 0.154. The first-order chi connectivity index (χ1) is 8.54. The molecule has 1 aromatic heterocycles. The minimum atomic E-state index is -0.517. The molecule has 0 saturated carbocycles. The second-order valence-corrected chi connectivity index (χ2v) is 4.13. The number of benzene rings is 1. The molecule has 0 spiro atoms. The van der Waals surface area contributed by atoms with Gasteiger partial charge in [0, 0.05) is 17.1 Å². The number of hydrazine groups is 1. The Labute approximate surface area is 105 Å². The summed E-state index contributed by atoms with van der Waals surface area (Å²) < 4.78 is 1.99. The Bertz CT molecular complexity index is 583. The predicted octanol–water partition coefficient (Wildman–Crippen LogP) is 1.40. The van der Waals surface area contributed by atoms with Crippen LogP contribution >= 0.6 is 0 Å². The van der Waals surface area contributed by atoms with Gasteiger partial charge in [-0.2, -0.15) is 0 Å². The maximum atomic E-state index is 11.5. The van der Waals surface area contributed by atoms with Crippen LogP contribution in [0, 0.1) is 13.8 Å².